The summed E-state index contributed by atoms with van der Waals surface area (Å²) in [5, 5.41) is 3.20. The molecule has 0 atom stereocenters. The van der Waals surface area contributed by atoms with Gasteiger partial charge < -0.3 is 19.4 Å². The third kappa shape index (κ3) is 4.94. The maximum atomic E-state index is 13.2. The topological polar surface area (TPSA) is 86.6 Å². The van der Waals surface area contributed by atoms with Crippen LogP contribution in [-0.4, -0.2) is 30.5 Å². The Bertz CT molecular complexity index is 1450. The summed E-state index contributed by atoms with van der Waals surface area (Å²) in [5.74, 6) is 0.331. The predicted molar refractivity (Wildman–Crippen MR) is 136 cm³/mol. The lowest BCUT2D eigenvalue weighted by molar-refractivity contribution is -0.116. The number of methoxy groups -OCH3 is 2. The van der Waals surface area contributed by atoms with Crippen molar-refractivity contribution < 1.29 is 19.1 Å². The van der Waals surface area contributed by atoms with Gasteiger partial charge in [0.05, 0.1) is 31.0 Å². The molecule has 0 saturated heterocycles. The summed E-state index contributed by atoms with van der Waals surface area (Å²) in [6, 6.07) is 19.2. The number of carbonyl (C=O) groups is 2. The number of ketones is 1. The molecule has 1 heterocycles. The Labute approximate surface area is 202 Å². The van der Waals surface area contributed by atoms with Crippen LogP contribution in [0.25, 0.3) is 10.9 Å². The molecule has 4 aromatic rings. The molecular formula is C28H26N2O5. The number of carbonyl (C=O) groups excluding carboxylic acids is 2. The summed E-state index contributed by atoms with van der Waals surface area (Å²) in [4.78, 5) is 39.4. The van der Waals surface area contributed by atoms with Crippen LogP contribution in [0.5, 0.6) is 11.5 Å². The van der Waals surface area contributed by atoms with E-state index in [4.69, 9.17) is 9.47 Å². The number of para-hydroxylation sites is 1. The van der Waals surface area contributed by atoms with E-state index in [1.807, 2.05) is 19.1 Å². The lowest BCUT2D eigenvalue weighted by Gasteiger charge is -2.15. The zero-order valence-electron chi connectivity index (χ0n) is 19.8. The minimum absolute atomic E-state index is 0.0165. The molecule has 0 saturated carbocycles. The van der Waals surface area contributed by atoms with Gasteiger partial charge in [-0.15, -0.1) is 0 Å². The number of anilines is 1. The van der Waals surface area contributed by atoms with Gasteiger partial charge in [0.15, 0.2) is 5.78 Å². The summed E-state index contributed by atoms with van der Waals surface area (Å²) in [7, 11) is 3.05. The standard InChI is InChI=1S/C28H26N2O5/c1-4-18-9-11-19(12-10-18)27(32)22-16-30(24-8-6-5-7-21(24)28(22)33)17-26(31)29-23-14-13-20(34-2)15-25(23)35-3/h5-16H,4,17H2,1-3H3,(H,29,31). The van der Waals surface area contributed by atoms with Crippen molar-refractivity contribution in [2.45, 2.75) is 19.9 Å². The molecule has 0 aliphatic carbocycles. The van der Waals surface area contributed by atoms with Gasteiger partial charge in [-0.25, -0.2) is 0 Å². The highest BCUT2D eigenvalue weighted by Crippen LogP contribution is 2.29. The lowest BCUT2D eigenvalue weighted by Crippen LogP contribution is -2.24. The number of aryl methyl sites for hydroxylation is 1. The zero-order valence-corrected chi connectivity index (χ0v) is 19.8. The first-order valence-corrected chi connectivity index (χ1v) is 11.2. The monoisotopic (exact) mass is 470 g/mol. The molecule has 0 spiro atoms. The summed E-state index contributed by atoms with van der Waals surface area (Å²) in [6.07, 6.45) is 2.32. The third-order valence-electron chi connectivity index (χ3n) is 5.85. The highest BCUT2D eigenvalue weighted by molar-refractivity contribution is 6.10. The van der Waals surface area contributed by atoms with E-state index in [9.17, 15) is 14.4 Å². The van der Waals surface area contributed by atoms with E-state index < -0.39 is 0 Å². The van der Waals surface area contributed by atoms with Gasteiger partial charge in [-0.3, -0.25) is 14.4 Å². The lowest BCUT2D eigenvalue weighted by atomic mass is 10.0. The Kier molecular flexibility index (Phi) is 6.96. The predicted octanol–water partition coefficient (Wildman–Crippen LogP) is 4.45. The van der Waals surface area contributed by atoms with Gasteiger partial charge in [-0.2, -0.15) is 0 Å². The smallest absolute Gasteiger partial charge is 0.244 e. The SMILES string of the molecule is CCc1ccc(C(=O)c2cn(CC(=O)Nc3ccc(OC)cc3OC)c3ccccc3c2=O)cc1. The summed E-state index contributed by atoms with van der Waals surface area (Å²) < 4.78 is 12.2. The molecule has 0 fully saturated rings. The molecule has 1 N–H and O–H groups in total. The Balaban J connectivity index is 1.69. The molecule has 0 bridgehead atoms. The van der Waals surface area contributed by atoms with E-state index in [1.54, 1.807) is 66.3 Å². The van der Waals surface area contributed by atoms with E-state index in [1.165, 1.54) is 13.3 Å². The van der Waals surface area contributed by atoms with Crippen LogP contribution in [-0.2, 0) is 17.8 Å². The number of hydrogen-bond donors (Lipinski definition) is 1. The maximum Gasteiger partial charge on any atom is 0.244 e. The van der Waals surface area contributed by atoms with Crippen molar-refractivity contribution in [2.24, 2.45) is 0 Å². The van der Waals surface area contributed by atoms with Crippen LogP contribution >= 0.6 is 0 Å². The van der Waals surface area contributed by atoms with Crippen LogP contribution in [0.4, 0.5) is 5.69 Å². The molecule has 0 radical (unpaired) electrons. The Morgan fingerprint density at radius 2 is 1.69 bits per heavy atom. The Hall–Kier alpha value is -4.39. The van der Waals surface area contributed by atoms with Crippen LogP contribution in [0, 0.1) is 0 Å². The average Bonchev–Trinajstić information content (AvgIpc) is 2.90. The number of rotatable bonds is 8. The fourth-order valence-corrected chi connectivity index (χ4v) is 3.93. The molecule has 35 heavy (non-hydrogen) atoms. The molecule has 7 nitrogen and oxygen atoms in total. The second kappa shape index (κ2) is 10.3. The summed E-state index contributed by atoms with van der Waals surface area (Å²) in [5.41, 5.74) is 2.22. The average molecular weight is 471 g/mol. The number of amides is 1. The number of nitrogens with one attached hydrogen (secondary N) is 1. The Morgan fingerprint density at radius 1 is 0.943 bits per heavy atom. The molecular weight excluding hydrogens is 444 g/mol. The van der Waals surface area contributed by atoms with Crippen molar-refractivity contribution in [3.8, 4) is 11.5 Å². The van der Waals surface area contributed by atoms with Crippen LogP contribution in [0.15, 0.2) is 77.7 Å². The van der Waals surface area contributed by atoms with Gasteiger partial charge in [0.2, 0.25) is 11.3 Å². The normalized spacial score (nSPS) is 10.7. The highest BCUT2D eigenvalue weighted by Gasteiger charge is 2.18. The molecule has 0 aliphatic heterocycles. The van der Waals surface area contributed by atoms with Gasteiger partial charge >= 0.3 is 0 Å². The molecule has 4 rings (SSSR count). The minimum Gasteiger partial charge on any atom is -0.497 e. The van der Waals surface area contributed by atoms with E-state index in [2.05, 4.69) is 5.32 Å². The first-order valence-electron chi connectivity index (χ1n) is 11.2. The number of ether oxygens (including phenoxy) is 2. The van der Waals surface area contributed by atoms with E-state index in [0.717, 1.165) is 12.0 Å². The maximum absolute atomic E-state index is 13.2. The molecule has 0 unspecified atom stereocenters. The van der Waals surface area contributed by atoms with Gasteiger partial charge in [0.25, 0.3) is 0 Å². The van der Waals surface area contributed by atoms with Crippen LogP contribution < -0.4 is 20.2 Å². The summed E-state index contributed by atoms with van der Waals surface area (Å²) in [6.45, 7) is 1.93. The Morgan fingerprint density at radius 3 is 2.37 bits per heavy atom. The molecule has 7 heteroatoms. The molecule has 3 aromatic carbocycles. The number of pyridine rings is 1. The third-order valence-corrected chi connectivity index (χ3v) is 5.85. The quantitative estimate of drug-likeness (QED) is 0.385. The van der Waals surface area contributed by atoms with Crippen molar-refractivity contribution in [1.82, 2.24) is 4.57 Å². The van der Waals surface area contributed by atoms with Crippen LogP contribution in [0.1, 0.15) is 28.4 Å². The molecule has 1 amide bonds. The van der Waals surface area contributed by atoms with Gasteiger partial charge in [-0.05, 0) is 36.2 Å². The van der Waals surface area contributed by atoms with Gasteiger partial charge in [0, 0.05) is 23.2 Å². The number of benzene rings is 3. The van der Waals surface area contributed by atoms with Crippen molar-refractivity contribution in [1.29, 1.82) is 0 Å². The highest BCUT2D eigenvalue weighted by atomic mass is 16.5. The first kappa shape index (κ1) is 23.8. The van der Waals surface area contributed by atoms with E-state index in [-0.39, 0.29) is 29.2 Å². The fourth-order valence-electron chi connectivity index (χ4n) is 3.93. The molecule has 0 aliphatic rings. The molecule has 178 valence electrons. The van der Waals surface area contributed by atoms with Crippen LogP contribution in [0.3, 0.4) is 0 Å². The van der Waals surface area contributed by atoms with Gasteiger partial charge in [-0.1, -0.05) is 43.3 Å². The number of aromatic nitrogens is 1. The van der Waals surface area contributed by atoms with Crippen molar-refractivity contribution >= 4 is 28.3 Å². The fraction of sp³-hybridized carbons (Fsp3) is 0.179. The zero-order chi connectivity index (χ0) is 24.9. The van der Waals surface area contributed by atoms with E-state index in [0.29, 0.717) is 33.7 Å². The number of nitrogens with zero attached hydrogens (tertiary/aromatic N) is 1. The van der Waals surface area contributed by atoms with Crippen molar-refractivity contribution in [3.05, 3.63) is 99.8 Å². The van der Waals surface area contributed by atoms with Gasteiger partial charge in [0.1, 0.15) is 18.0 Å². The largest absolute Gasteiger partial charge is 0.497 e. The minimum atomic E-state index is -0.380. The molecule has 1 aromatic heterocycles. The van der Waals surface area contributed by atoms with Crippen LogP contribution in [0.2, 0.25) is 0 Å². The second-order valence-electron chi connectivity index (χ2n) is 8.01. The summed E-state index contributed by atoms with van der Waals surface area (Å²) >= 11 is 0. The van der Waals surface area contributed by atoms with E-state index >= 15 is 0 Å². The van der Waals surface area contributed by atoms with Crippen molar-refractivity contribution in [2.75, 3.05) is 19.5 Å². The number of fused-ring (bicyclic) bond motifs is 1. The van der Waals surface area contributed by atoms with Crippen molar-refractivity contribution in [3.63, 3.8) is 0 Å². The first-order chi connectivity index (χ1) is 16.9. The number of hydrogen-bond acceptors (Lipinski definition) is 5. The second-order valence-corrected chi connectivity index (χ2v) is 8.01.